The number of hydrogen-bond acceptors (Lipinski definition) is 5. The summed E-state index contributed by atoms with van der Waals surface area (Å²) < 4.78 is 0. The Morgan fingerprint density at radius 3 is 2.23 bits per heavy atom. The van der Waals surface area contributed by atoms with Crippen LogP contribution in [0.25, 0.3) is 0 Å². The average molecular weight is 315 g/mol. The van der Waals surface area contributed by atoms with Gasteiger partial charge in [0.1, 0.15) is 11.1 Å². The minimum Gasteiger partial charge on any atom is -0.480 e. The monoisotopic (exact) mass is 315 g/mol. The maximum atomic E-state index is 11.0. The molecule has 0 aromatic heterocycles. The van der Waals surface area contributed by atoms with Crippen molar-refractivity contribution in [2.75, 3.05) is 33.7 Å². The van der Waals surface area contributed by atoms with Crippen molar-refractivity contribution in [1.29, 1.82) is 0 Å². The van der Waals surface area contributed by atoms with Gasteiger partial charge in [-0.1, -0.05) is 0 Å². The zero-order valence-electron chi connectivity index (χ0n) is 13.8. The summed E-state index contributed by atoms with van der Waals surface area (Å²) in [5.74, 6) is -1.39. The Morgan fingerprint density at radius 2 is 1.95 bits per heavy atom. The van der Waals surface area contributed by atoms with Gasteiger partial charge in [0.25, 0.3) is 0 Å². The van der Waals surface area contributed by atoms with Gasteiger partial charge in [0.15, 0.2) is 0 Å². The van der Waals surface area contributed by atoms with E-state index in [0.29, 0.717) is 13.0 Å². The standard InChI is InChI=1S/C9H20N2O2.C6H9NO2/c1-9(8(12)13,11(2)3)6-4-5-7-10;8-5(9)6-2-1-3-7(6)4-6/h4-7,10H2,1-3H3,(H,12,13);1-4H2,(H,8,9)/t9-;6-,7?/m01/s1. The van der Waals surface area contributed by atoms with Crippen LogP contribution in [0.1, 0.15) is 39.0 Å². The summed E-state index contributed by atoms with van der Waals surface area (Å²) in [4.78, 5) is 25.3. The van der Waals surface area contributed by atoms with Gasteiger partial charge >= 0.3 is 11.9 Å². The molecule has 0 saturated carbocycles. The quantitative estimate of drug-likeness (QED) is 0.462. The second kappa shape index (κ2) is 7.39. The Kier molecular flexibility index (Phi) is 6.34. The predicted octanol–water partition coefficient (Wildman–Crippen LogP) is 0.440. The van der Waals surface area contributed by atoms with Gasteiger partial charge in [-0.3, -0.25) is 19.4 Å². The molecule has 0 amide bonds. The van der Waals surface area contributed by atoms with E-state index in [4.69, 9.17) is 15.9 Å². The fourth-order valence-corrected chi connectivity index (χ4v) is 2.82. The number of piperidine rings is 1. The number of fused-ring (bicyclic) bond motifs is 1. The zero-order valence-corrected chi connectivity index (χ0v) is 13.8. The largest absolute Gasteiger partial charge is 0.480 e. The second-order valence-electron chi connectivity index (χ2n) is 6.58. The predicted molar refractivity (Wildman–Crippen MR) is 83.8 cm³/mol. The maximum absolute atomic E-state index is 11.0. The molecule has 128 valence electrons. The van der Waals surface area contributed by atoms with Gasteiger partial charge in [-0.25, -0.2) is 0 Å². The van der Waals surface area contributed by atoms with Crippen molar-refractivity contribution < 1.29 is 19.8 Å². The molecule has 0 bridgehead atoms. The first-order chi connectivity index (χ1) is 10.2. The fraction of sp³-hybridized carbons (Fsp3) is 0.867. The molecule has 2 fully saturated rings. The molecule has 0 aliphatic carbocycles. The maximum Gasteiger partial charge on any atom is 0.325 e. The lowest BCUT2D eigenvalue weighted by Crippen LogP contribution is -2.48. The Morgan fingerprint density at radius 1 is 1.32 bits per heavy atom. The molecular weight excluding hydrogens is 286 g/mol. The van der Waals surface area contributed by atoms with Crippen molar-refractivity contribution in [2.45, 2.75) is 50.1 Å². The number of nitrogens with zero attached hydrogens (tertiary/aromatic N) is 2. The minimum absolute atomic E-state index is 0.389. The zero-order chi connectivity index (χ0) is 17.0. The lowest BCUT2D eigenvalue weighted by molar-refractivity contribution is -0.149. The Bertz CT molecular complexity index is 416. The summed E-state index contributed by atoms with van der Waals surface area (Å²) in [7, 11) is 3.58. The van der Waals surface area contributed by atoms with Crippen molar-refractivity contribution in [2.24, 2.45) is 5.73 Å². The number of unbranched alkanes of at least 4 members (excludes halogenated alkanes) is 1. The van der Waals surface area contributed by atoms with Crippen LogP contribution in [0.4, 0.5) is 0 Å². The van der Waals surface area contributed by atoms with E-state index in [0.717, 1.165) is 38.8 Å². The van der Waals surface area contributed by atoms with E-state index in [1.807, 2.05) is 4.90 Å². The lowest BCUT2D eigenvalue weighted by atomic mass is 9.94. The summed E-state index contributed by atoms with van der Waals surface area (Å²) in [5, 5.41) is 17.7. The van der Waals surface area contributed by atoms with Crippen LogP contribution in [0.15, 0.2) is 0 Å². The van der Waals surface area contributed by atoms with Crippen molar-refractivity contribution in [3.63, 3.8) is 0 Å². The molecule has 4 N–H and O–H groups in total. The van der Waals surface area contributed by atoms with Gasteiger partial charge in [0, 0.05) is 6.54 Å². The topological polar surface area (TPSA) is 107 Å². The van der Waals surface area contributed by atoms with Crippen LogP contribution in [0.2, 0.25) is 0 Å². The molecular formula is C15H29N3O4. The Labute approximate surface area is 132 Å². The lowest BCUT2D eigenvalue weighted by Gasteiger charge is -2.32. The van der Waals surface area contributed by atoms with Crippen LogP contribution in [0.3, 0.4) is 0 Å². The van der Waals surface area contributed by atoms with Gasteiger partial charge in [-0.2, -0.15) is 0 Å². The van der Waals surface area contributed by atoms with Crippen molar-refractivity contribution in [3.8, 4) is 0 Å². The summed E-state index contributed by atoms with van der Waals surface area (Å²) in [5.41, 5.74) is 4.21. The first kappa shape index (κ1) is 18.9. The van der Waals surface area contributed by atoms with Crippen LogP contribution in [-0.4, -0.2) is 76.8 Å². The third-order valence-corrected chi connectivity index (χ3v) is 4.94. The molecule has 0 radical (unpaired) electrons. The first-order valence-corrected chi connectivity index (χ1v) is 7.80. The van der Waals surface area contributed by atoms with Crippen LogP contribution >= 0.6 is 0 Å². The van der Waals surface area contributed by atoms with Crippen molar-refractivity contribution in [1.82, 2.24) is 9.80 Å². The number of carboxylic acids is 2. The highest BCUT2D eigenvalue weighted by atomic mass is 16.4. The third kappa shape index (κ3) is 3.97. The van der Waals surface area contributed by atoms with Gasteiger partial charge < -0.3 is 15.9 Å². The molecule has 7 heteroatoms. The van der Waals surface area contributed by atoms with E-state index in [-0.39, 0.29) is 5.54 Å². The van der Waals surface area contributed by atoms with Gasteiger partial charge in [-0.15, -0.1) is 0 Å². The van der Waals surface area contributed by atoms with E-state index in [1.54, 1.807) is 25.9 Å². The molecule has 22 heavy (non-hydrogen) atoms. The van der Waals surface area contributed by atoms with Crippen molar-refractivity contribution in [3.05, 3.63) is 0 Å². The van der Waals surface area contributed by atoms with E-state index in [2.05, 4.69) is 0 Å². The highest BCUT2D eigenvalue weighted by Crippen LogP contribution is 2.42. The number of nitrogens with two attached hydrogens (primary N) is 1. The Hall–Kier alpha value is -1.18. The van der Waals surface area contributed by atoms with E-state index in [1.165, 1.54) is 0 Å². The molecule has 2 aliphatic heterocycles. The highest BCUT2D eigenvalue weighted by molar-refractivity contribution is 5.83. The SMILES string of the molecule is CN(C)[C@@](C)(CCCCN)C(=O)O.O=C(O)[C@]12CCCN1C2. The number of rotatable bonds is 7. The van der Waals surface area contributed by atoms with Gasteiger partial charge in [-0.05, 0) is 66.2 Å². The average Bonchev–Trinajstić information content (AvgIpc) is 3.01. The molecule has 3 atom stereocenters. The fourth-order valence-electron chi connectivity index (χ4n) is 2.82. The molecule has 0 spiro atoms. The van der Waals surface area contributed by atoms with E-state index < -0.39 is 17.5 Å². The number of carbonyl (C=O) groups is 2. The molecule has 2 rings (SSSR count). The Balaban J connectivity index is 0.000000231. The van der Waals surface area contributed by atoms with Crippen LogP contribution in [0, 0.1) is 0 Å². The van der Waals surface area contributed by atoms with Crippen molar-refractivity contribution >= 4 is 11.9 Å². The first-order valence-electron chi connectivity index (χ1n) is 7.80. The van der Waals surface area contributed by atoms with E-state index >= 15 is 0 Å². The third-order valence-electron chi connectivity index (χ3n) is 4.94. The number of carboxylic acid groups (broad SMARTS) is 2. The van der Waals surface area contributed by atoms with E-state index in [9.17, 15) is 9.59 Å². The molecule has 2 aliphatic rings. The van der Waals surface area contributed by atoms with Crippen LogP contribution in [-0.2, 0) is 9.59 Å². The van der Waals surface area contributed by atoms with Gasteiger partial charge in [0.2, 0.25) is 0 Å². The summed E-state index contributed by atoms with van der Waals surface area (Å²) >= 11 is 0. The van der Waals surface area contributed by atoms with Crippen LogP contribution < -0.4 is 5.73 Å². The molecule has 2 heterocycles. The molecule has 2 saturated heterocycles. The molecule has 0 aromatic rings. The number of hydrogen-bond donors (Lipinski definition) is 3. The normalized spacial score (nSPS) is 28.3. The second-order valence-corrected chi connectivity index (χ2v) is 6.58. The molecule has 0 aromatic carbocycles. The number of likely N-dealkylation sites (N-methyl/N-ethyl adjacent to an activating group) is 1. The summed E-state index contributed by atoms with van der Waals surface area (Å²) in [6, 6.07) is 0. The van der Waals surface area contributed by atoms with Gasteiger partial charge in [0.05, 0.1) is 0 Å². The summed E-state index contributed by atoms with van der Waals surface area (Å²) in [6.45, 7) is 4.16. The van der Waals surface area contributed by atoms with Crippen LogP contribution in [0.5, 0.6) is 0 Å². The number of aliphatic carboxylic acids is 2. The smallest absolute Gasteiger partial charge is 0.325 e. The highest BCUT2D eigenvalue weighted by Gasteiger charge is 2.60. The molecule has 1 unspecified atom stereocenters. The summed E-state index contributed by atoms with van der Waals surface area (Å²) in [6.07, 6.45) is 4.31. The minimum atomic E-state index is -0.769. The molecule has 7 nitrogen and oxygen atoms in total.